The molecule has 0 amide bonds. The molecule has 1 saturated carbocycles. The lowest BCUT2D eigenvalue weighted by Crippen LogP contribution is -2.05. The average Bonchev–Trinajstić information content (AvgIpc) is 3.10. The van der Waals surface area contributed by atoms with Crippen LogP contribution in [0.3, 0.4) is 0 Å². The monoisotopic (exact) mass is 272 g/mol. The lowest BCUT2D eigenvalue weighted by molar-refractivity contribution is 0.0967. The molecular weight excluding hydrogens is 260 g/mol. The fourth-order valence-electron chi connectivity index (χ4n) is 1.81. The lowest BCUT2D eigenvalue weighted by atomic mass is 10.0. The highest BCUT2D eigenvalue weighted by molar-refractivity contribution is 8.13. The average molecular weight is 273 g/mol. The minimum absolute atomic E-state index is 0.0224. The van der Waals surface area contributed by atoms with Crippen molar-refractivity contribution in [1.29, 1.82) is 0 Å². The van der Waals surface area contributed by atoms with Gasteiger partial charge in [0.05, 0.1) is 4.90 Å². The van der Waals surface area contributed by atoms with Gasteiger partial charge in [0.1, 0.15) is 0 Å². The first-order chi connectivity index (χ1) is 7.93. The second-order valence-electron chi connectivity index (χ2n) is 4.25. The van der Waals surface area contributed by atoms with E-state index in [1.54, 1.807) is 12.1 Å². The zero-order valence-corrected chi connectivity index (χ0v) is 11.0. The Labute approximate surface area is 105 Å². The molecule has 0 atom stereocenters. The SMILES string of the molecule is CCc1ccc(C(=O)C2CC2)cc1S(=O)(=O)Cl. The summed E-state index contributed by atoms with van der Waals surface area (Å²) < 4.78 is 22.9. The highest BCUT2D eigenvalue weighted by atomic mass is 35.7. The molecule has 0 radical (unpaired) electrons. The van der Waals surface area contributed by atoms with Crippen molar-refractivity contribution in [2.75, 3.05) is 0 Å². The molecule has 0 aliphatic heterocycles. The molecule has 0 bridgehead atoms. The van der Waals surface area contributed by atoms with E-state index in [-0.39, 0.29) is 16.6 Å². The Morgan fingerprint density at radius 3 is 2.53 bits per heavy atom. The first-order valence-corrected chi connectivity index (χ1v) is 7.86. The maximum atomic E-state index is 11.8. The second kappa shape index (κ2) is 4.42. The minimum Gasteiger partial charge on any atom is -0.294 e. The van der Waals surface area contributed by atoms with Crippen LogP contribution in [-0.4, -0.2) is 14.2 Å². The first-order valence-electron chi connectivity index (χ1n) is 5.55. The van der Waals surface area contributed by atoms with E-state index in [4.69, 9.17) is 10.7 Å². The van der Waals surface area contributed by atoms with Gasteiger partial charge in [-0.05, 0) is 30.9 Å². The van der Waals surface area contributed by atoms with Crippen molar-refractivity contribution in [3.05, 3.63) is 29.3 Å². The molecule has 3 nitrogen and oxygen atoms in total. The Balaban J connectivity index is 2.48. The molecule has 1 fully saturated rings. The van der Waals surface area contributed by atoms with E-state index < -0.39 is 9.05 Å². The van der Waals surface area contributed by atoms with Crippen LogP contribution in [0.4, 0.5) is 0 Å². The Kier molecular flexibility index (Phi) is 3.27. The Hall–Kier alpha value is -0.870. The number of hydrogen-bond donors (Lipinski definition) is 0. The predicted octanol–water partition coefficient (Wildman–Crippen LogP) is 2.77. The highest BCUT2D eigenvalue weighted by Gasteiger charge is 2.31. The van der Waals surface area contributed by atoms with Gasteiger partial charge >= 0.3 is 0 Å². The predicted molar refractivity (Wildman–Crippen MR) is 65.9 cm³/mol. The van der Waals surface area contributed by atoms with Gasteiger partial charge in [-0.3, -0.25) is 4.79 Å². The Morgan fingerprint density at radius 2 is 2.06 bits per heavy atom. The quantitative estimate of drug-likeness (QED) is 0.626. The van der Waals surface area contributed by atoms with Crippen molar-refractivity contribution in [2.45, 2.75) is 31.1 Å². The topological polar surface area (TPSA) is 51.2 Å². The van der Waals surface area contributed by atoms with E-state index in [1.807, 2.05) is 6.92 Å². The maximum absolute atomic E-state index is 11.8. The summed E-state index contributed by atoms with van der Waals surface area (Å²) in [4.78, 5) is 11.9. The summed E-state index contributed by atoms with van der Waals surface area (Å²) in [6.07, 6.45) is 2.37. The van der Waals surface area contributed by atoms with Gasteiger partial charge in [-0.15, -0.1) is 0 Å². The maximum Gasteiger partial charge on any atom is 0.261 e. The fourth-order valence-corrected chi connectivity index (χ4v) is 3.03. The third-order valence-corrected chi connectivity index (χ3v) is 4.35. The molecule has 0 unspecified atom stereocenters. The van der Waals surface area contributed by atoms with Crippen molar-refractivity contribution in [3.8, 4) is 0 Å². The summed E-state index contributed by atoms with van der Waals surface area (Å²) in [7, 11) is 1.59. The molecule has 0 heterocycles. The van der Waals surface area contributed by atoms with Gasteiger partial charge in [-0.1, -0.05) is 19.1 Å². The number of halogens is 1. The van der Waals surface area contributed by atoms with Crippen molar-refractivity contribution in [3.63, 3.8) is 0 Å². The summed E-state index contributed by atoms with van der Waals surface area (Å²) in [6.45, 7) is 1.85. The number of carbonyl (C=O) groups excluding carboxylic acids is 1. The van der Waals surface area contributed by atoms with Crippen LogP contribution in [0.25, 0.3) is 0 Å². The van der Waals surface area contributed by atoms with Crippen molar-refractivity contribution >= 4 is 25.5 Å². The molecule has 1 aliphatic rings. The molecular formula is C12H13ClO3S. The van der Waals surface area contributed by atoms with Crippen molar-refractivity contribution in [2.24, 2.45) is 5.92 Å². The zero-order valence-electron chi connectivity index (χ0n) is 9.44. The highest BCUT2D eigenvalue weighted by Crippen LogP contribution is 2.33. The molecule has 17 heavy (non-hydrogen) atoms. The van der Waals surface area contributed by atoms with E-state index in [0.29, 0.717) is 17.5 Å². The molecule has 5 heteroatoms. The summed E-state index contributed by atoms with van der Waals surface area (Å²) in [5.41, 5.74) is 1.09. The Morgan fingerprint density at radius 1 is 1.41 bits per heavy atom. The lowest BCUT2D eigenvalue weighted by Gasteiger charge is -2.07. The van der Waals surface area contributed by atoms with E-state index in [0.717, 1.165) is 12.8 Å². The summed E-state index contributed by atoms with van der Waals surface area (Å²) in [5, 5.41) is 0. The number of Topliss-reactive ketones (excluding diaryl/α,β-unsaturated/α-hetero) is 1. The number of rotatable bonds is 4. The normalized spacial score (nSPS) is 15.9. The molecule has 0 aromatic heterocycles. The van der Waals surface area contributed by atoms with Gasteiger partial charge in [-0.25, -0.2) is 8.42 Å². The van der Waals surface area contributed by atoms with Crippen molar-refractivity contribution < 1.29 is 13.2 Å². The van der Waals surface area contributed by atoms with Crippen LogP contribution in [0.5, 0.6) is 0 Å². The van der Waals surface area contributed by atoms with Crippen LogP contribution in [0.2, 0.25) is 0 Å². The van der Waals surface area contributed by atoms with Gasteiger partial charge in [-0.2, -0.15) is 0 Å². The van der Waals surface area contributed by atoms with Crippen LogP contribution < -0.4 is 0 Å². The van der Waals surface area contributed by atoms with E-state index in [2.05, 4.69) is 0 Å². The van der Waals surface area contributed by atoms with Crippen LogP contribution in [-0.2, 0) is 15.5 Å². The molecule has 1 aromatic rings. The number of benzene rings is 1. The summed E-state index contributed by atoms with van der Waals surface area (Å²) in [5.74, 6) is 0.0996. The number of hydrogen-bond acceptors (Lipinski definition) is 3. The molecule has 0 spiro atoms. The van der Waals surface area contributed by atoms with Gasteiger partial charge in [0.25, 0.3) is 9.05 Å². The van der Waals surface area contributed by atoms with E-state index in [1.165, 1.54) is 6.07 Å². The number of ketones is 1. The smallest absolute Gasteiger partial charge is 0.261 e. The molecule has 2 rings (SSSR count). The van der Waals surface area contributed by atoms with Crippen LogP contribution in [0.1, 0.15) is 35.7 Å². The second-order valence-corrected chi connectivity index (χ2v) is 6.79. The number of carbonyl (C=O) groups is 1. The molecule has 92 valence electrons. The zero-order chi connectivity index (χ0) is 12.6. The first kappa shape index (κ1) is 12.6. The minimum atomic E-state index is -3.79. The Bertz CT molecular complexity index is 559. The third-order valence-electron chi connectivity index (χ3n) is 2.94. The summed E-state index contributed by atoms with van der Waals surface area (Å²) >= 11 is 0. The van der Waals surface area contributed by atoms with Gasteiger partial charge < -0.3 is 0 Å². The summed E-state index contributed by atoms with van der Waals surface area (Å²) in [6, 6.07) is 4.76. The van der Waals surface area contributed by atoms with Crippen molar-refractivity contribution in [1.82, 2.24) is 0 Å². The van der Waals surface area contributed by atoms with Crippen LogP contribution in [0.15, 0.2) is 23.1 Å². The number of aryl methyl sites for hydroxylation is 1. The fraction of sp³-hybridized carbons (Fsp3) is 0.417. The molecule has 1 aliphatic carbocycles. The van der Waals surface area contributed by atoms with Crippen LogP contribution in [0, 0.1) is 5.92 Å². The van der Waals surface area contributed by atoms with E-state index in [9.17, 15) is 13.2 Å². The van der Waals surface area contributed by atoms with Gasteiger partial charge in [0.2, 0.25) is 0 Å². The third kappa shape index (κ3) is 2.69. The van der Waals surface area contributed by atoms with Gasteiger partial charge in [0, 0.05) is 22.2 Å². The molecule has 0 N–H and O–H groups in total. The largest absolute Gasteiger partial charge is 0.294 e. The van der Waals surface area contributed by atoms with Crippen LogP contribution >= 0.6 is 10.7 Å². The molecule has 1 aromatic carbocycles. The van der Waals surface area contributed by atoms with Gasteiger partial charge in [0.15, 0.2) is 5.78 Å². The standard InChI is InChI=1S/C12H13ClO3S/c1-2-8-3-6-10(12(14)9-4-5-9)7-11(8)17(13,15)16/h3,6-7,9H,2,4-5H2,1H3. The van der Waals surface area contributed by atoms with E-state index >= 15 is 0 Å². The molecule has 0 saturated heterocycles.